The minimum atomic E-state index is -0.798. The third-order valence-electron chi connectivity index (χ3n) is 9.90. The number of pyridine rings is 1. The Bertz CT molecular complexity index is 2640. The van der Waals surface area contributed by atoms with E-state index in [0.29, 0.717) is 11.4 Å². The van der Waals surface area contributed by atoms with Crippen LogP contribution in [0.25, 0.3) is 72.7 Å². The second kappa shape index (κ2) is 15.0. The molecule has 270 valence electrons. The Morgan fingerprint density at radius 2 is 1.33 bits per heavy atom. The zero-order chi connectivity index (χ0) is 37.6. The zero-order valence-corrected chi connectivity index (χ0v) is 33.3. The van der Waals surface area contributed by atoms with Crippen LogP contribution in [0.4, 0.5) is 0 Å². The molecule has 5 heteroatoms. The standard InChI is InChI=1S/C49H42N3O.Pt/c1-32(2)35-23-24-44(42(30-35)34-17-10-7-11-18-34)52-45-21-14-20-40(47(45)51-48(52)41-19-12-13-22-46(41)53)37-27-38(29-39(28-37)49(3,4)5)43-31-36(25-26-50-43)33-15-8-6-9-16-33;/h6-26,28-32,53H,1-5H3;/q-1;/i32D;. The molecule has 8 rings (SSSR count). The molecule has 1 N–H and O–H groups in total. The number of aromatic hydroxyl groups is 1. The van der Waals surface area contributed by atoms with Gasteiger partial charge in [0.25, 0.3) is 0 Å². The van der Waals surface area contributed by atoms with Crippen LogP contribution in [-0.2, 0) is 26.5 Å². The molecule has 0 amide bonds. The second-order valence-electron chi connectivity index (χ2n) is 14.8. The minimum absolute atomic E-state index is 0. The predicted octanol–water partition coefficient (Wildman–Crippen LogP) is 12.7. The van der Waals surface area contributed by atoms with E-state index in [-0.39, 0.29) is 32.2 Å². The van der Waals surface area contributed by atoms with Crippen molar-refractivity contribution in [1.82, 2.24) is 14.5 Å². The number of rotatable bonds is 7. The maximum Gasteiger partial charge on any atom is 0.148 e. The van der Waals surface area contributed by atoms with Crippen LogP contribution in [-0.4, -0.2) is 19.6 Å². The molecule has 6 aromatic carbocycles. The smallest absolute Gasteiger partial charge is 0.148 e. The van der Waals surface area contributed by atoms with Crippen LogP contribution in [0, 0.1) is 6.07 Å². The van der Waals surface area contributed by atoms with E-state index in [9.17, 15) is 5.11 Å². The Morgan fingerprint density at radius 1 is 0.667 bits per heavy atom. The van der Waals surface area contributed by atoms with E-state index < -0.39 is 5.89 Å². The molecule has 0 aliphatic heterocycles. The Balaban J connectivity index is 0.00000465. The number of aromatic nitrogens is 3. The summed E-state index contributed by atoms with van der Waals surface area (Å²) >= 11 is 0. The Labute approximate surface area is 333 Å². The molecule has 54 heavy (non-hydrogen) atoms. The van der Waals surface area contributed by atoms with E-state index in [1.54, 1.807) is 6.07 Å². The summed E-state index contributed by atoms with van der Waals surface area (Å²) in [4.78, 5) is 10.2. The summed E-state index contributed by atoms with van der Waals surface area (Å²) in [5, 5.41) is 11.3. The predicted molar refractivity (Wildman–Crippen MR) is 219 cm³/mol. The van der Waals surface area contributed by atoms with Gasteiger partial charge in [0.05, 0.1) is 22.3 Å². The van der Waals surface area contributed by atoms with Crippen LogP contribution in [0.2, 0.25) is 0 Å². The van der Waals surface area contributed by atoms with E-state index >= 15 is 0 Å². The monoisotopic (exact) mass is 884 g/mol. The second-order valence-corrected chi connectivity index (χ2v) is 14.8. The summed E-state index contributed by atoms with van der Waals surface area (Å²) in [6, 6.07) is 52.8. The molecule has 0 saturated heterocycles. The molecule has 0 atom stereocenters. The fraction of sp³-hybridized carbons (Fsp3) is 0.143. The summed E-state index contributed by atoms with van der Waals surface area (Å²) in [7, 11) is 0. The zero-order valence-electron chi connectivity index (χ0n) is 32.0. The van der Waals surface area contributed by atoms with Crippen LogP contribution in [0.3, 0.4) is 0 Å². The third-order valence-corrected chi connectivity index (χ3v) is 9.90. The number of phenols is 1. The molecular formula is C49H42N3OPt-. The molecule has 8 aromatic rings. The van der Waals surface area contributed by atoms with Crippen LogP contribution >= 0.6 is 0 Å². The Kier molecular flexibility index (Phi) is 9.88. The maximum atomic E-state index is 11.3. The minimum Gasteiger partial charge on any atom is -0.507 e. The van der Waals surface area contributed by atoms with E-state index in [2.05, 4.69) is 116 Å². The normalized spacial score (nSPS) is 12.0. The first-order valence-corrected chi connectivity index (χ1v) is 18.1. The summed E-state index contributed by atoms with van der Waals surface area (Å²) in [5.74, 6) is -0.0304. The van der Waals surface area contributed by atoms with E-state index in [1.165, 1.54) is 0 Å². The number of fused-ring (bicyclic) bond motifs is 1. The van der Waals surface area contributed by atoms with Crippen molar-refractivity contribution in [2.24, 2.45) is 0 Å². The first kappa shape index (κ1) is 35.5. The van der Waals surface area contributed by atoms with E-state index in [4.69, 9.17) is 11.3 Å². The van der Waals surface area contributed by atoms with Crippen molar-refractivity contribution in [2.75, 3.05) is 0 Å². The molecule has 0 unspecified atom stereocenters. The average molecular weight is 885 g/mol. The van der Waals surface area contributed by atoms with Gasteiger partial charge in [-0.05, 0) is 70.0 Å². The van der Waals surface area contributed by atoms with Gasteiger partial charge in [0.15, 0.2) is 0 Å². The van der Waals surface area contributed by atoms with Gasteiger partial charge < -0.3 is 5.11 Å². The number of hydrogen-bond donors (Lipinski definition) is 1. The van der Waals surface area contributed by atoms with E-state index in [0.717, 1.165) is 72.5 Å². The molecule has 0 radical (unpaired) electrons. The van der Waals surface area contributed by atoms with Crippen LogP contribution in [0.5, 0.6) is 5.75 Å². The molecule has 4 nitrogen and oxygen atoms in total. The van der Waals surface area contributed by atoms with Gasteiger partial charge in [-0.15, -0.1) is 29.3 Å². The topological polar surface area (TPSA) is 50.9 Å². The molecule has 0 fully saturated rings. The summed E-state index contributed by atoms with van der Waals surface area (Å²) in [6.07, 6.45) is 1.87. The number of hydrogen-bond acceptors (Lipinski definition) is 3. The van der Waals surface area contributed by atoms with Gasteiger partial charge in [0.1, 0.15) is 11.6 Å². The number of nitrogens with zero attached hydrogens (tertiary/aromatic N) is 3. The van der Waals surface area contributed by atoms with Crippen molar-refractivity contribution < 1.29 is 27.5 Å². The molecule has 0 spiro atoms. The molecular weight excluding hydrogens is 842 g/mol. The molecule has 0 saturated carbocycles. The van der Waals surface area contributed by atoms with Crippen molar-refractivity contribution in [1.29, 1.82) is 0 Å². The van der Waals surface area contributed by atoms with Gasteiger partial charge in [-0.1, -0.05) is 143 Å². The van der Waals surface area contributed by atoms with Gasteiger partial charge >= 0.3 is 0 Å². The molecule has 2 heterocycles. The van der Waals surface area contributed by atoms with Crippen LogP contribution in [0.1, 0.15) is 53.0 Å². The fourth-order valence-corrected chi connectivity index (χ4v) is 6.97. The molecule has 2 aromatic heterocycles. The number of phenolic OH excluding ortho intramolecular Hbond substituents is 1. The Hall–Kier alpha value is -5.57. The molecule has 0 aliphatic rings. The number of benzene rings is 6. The van der Waals surface area contributed by atoms with Gasteiger partial charge in [0, 0.05) is 39.9 Å². The van der Waals surface area contributed by atoms with Gasteiger partial charge in [0.2, 0.25) is 0 Å². The molecule has 0 aliphatic carbocycles. The molecule has 0 bridgehead atoms. The number of imidazole rings is 1. The Morgan fingerprint density at radius 3 is 2.04 bits per heavy atom. The first-order chi connectivity index (χ1) is 26.0. The average Bonchev–Trinajstić information content (AvgIpc) is 3.57. The van der Waals surface area contributed by atoms with Gasteiger partial charge in [-0.2, -0.15) is 0 Å². The van der Waals surface area contributed by atoms with E-state index in [1.807, 2.05) is 74.6 Å². The van der Waals surface area contributed by atoms with Crippen molar-refractivity contribution in [3.8, 4) is 67.5 Å². The first-order valence-electron chi connectivity index (χ1n) is 18.6. The summed E-state index contributed by atoms with van der Waals surface area (Å²) in [5.41, 5.74) is 13.0. The maximum absolute atomic E-state index is 11.3. The van der Waals surface area contributed by atoms with Gasteiger partial charge in [-0.3, -0.25) is 9.55 Å². The summed E-state index contributed by atoms with van der Waals surface area (Å²) < 4.78 is 11.0. The van der Waals surface area contributed by atoms with Crippen molar-refractivity contribution in [2.45, 2.75) is 45.9 Å². The SMILES string of the molecule is [2H]C(C)(C)c1ccc(-n2c(-c3ccccc3O)nc3c(-c4[c-]c(-c5cc(-c6ccccc6)ccn5)cc(C(C)(C)C)c4)cccc32)c(-c2ccccc2)c1.[Pt]. The van der Waals surface area contributed by atoms with Gasteiger partial charge in [-0.25, -0.2) is 4.98 Å². The van der Waals surface area contributed by atoms with Crippen molar-refractivity contribution in [3.05, 3.63) is 169 Å². The number of para-hydroxylation sites is 2. The van der Waals surface area contributed by atoms with Crippen molar-refractivity contribution in [3.63, 3.8) is 0 Å². The van der Waals surface area contributed by atoms with Crippen LogP contribution in [0.15, 0.2) is 152 Å². The van der Waals surface area contributed by atoms with Crippen molar-refractivity contribution >= 4 is 11.0 Å². The quantitative estimate of drug-likeness (QED) is 0.162. The summed E-state index contributed by atoms with van der Waals surface area (Å²) in [6.45, 7) is 10.5. The fourth-order valence-electron chi connectivity index (χ4n) is 6.97. The third kappa shape index (κ3) is 7.07. The largest absolute Gasteiger partial charge is 0.507 e. The van der Waals surface area contributed by atoms with Crippen LogP contribution < -0.4 is 0 Å².